The Bertz CT molecular complexity index is 664. The van der Waals surface area contributed by atoms with E-state index in [1.165, 1.54) is 10.4 Å². The van der Waals surface area contributed by atoms with E-state index >= 15 is 0 Å². The third-order valence-corrected chi connectivity index (χ3v) is 6.22. The molecule has 1 fully saturated rings. The highest BCUT2D eigenvalue weighted by atomic mass is 32.2. The highest BCUT2D eigenvalue weighted by molar-refractivity contribution is 7.89. The molecule has 0 saturated carbocycles. The predicted octanol–water partition coefficient (Wildman–Crippen LogP) is 1.65. The fourth-order valence-corrected chi connectivity index (χ4v) is 4.86. The lowest BCUT2D eigenvalue weighted by Crippen LogP contribution is -2.49. The second-order valence-electron chi connectivity index (χ2n) is 5.58. The van der Waals surface area contributed by atoms with Crippen LogP contribution < -0.4 is 0 Å². The molecule has 0 aromatic heterocycles. The molecule has 0 aliphatic carbocycles. The van der Waals surface area contributed by atoms with Crippen molar-refractivity contribution in [1.29, 1.82) is 5.26 Å². The minimum Gasteiger partial charge on any atom is -0.395 e. The van der Waals surface area contributed by atoms with E-state index in [-0.39, 0.29) is 17.4 Å². The van der Waals surface area contributed by atoms with E-state index in [1.807, 2.05) is 13.0 Å². The topological polar surface area (TPSA) is 81.4 Å². The van der Waals surface area contributed by atoms with E-state index in [1.54, 1.807) is 19.1 Å². The molecular weight excluding hydrogens is 288 g/mol. The Kier molecular flexibility index (Phi) is 4.67. The smallest absolute Gasteiger partial charge is 0.243 e. The second kappa shape index (κ2) is 6.14. The number of nitriles is 1. The number of aryl methyl sites for hydroxylation is 1. The summed E-state index contributed by atoms with van der Waals surface area (Å²) in [6, 6.07) is 6.25. The van der Waals surface area contributed by atoms with Crippen LogP contribution in [-0.2, 0) is 10.0 Å². The molecule has 0 spiro atoms. The van der Waals surface area contributed by atoms with Gasteiger partial charge in [0.1, 0.15) is 0 Å². The van der Waals surface area contributed by atoms with E-state index < -0.39 is 16.1 Å². The van der Waals surface area contributed by atoms with Crippen LogP contribution in [0.2, 0.25) is 0 Å². The fraction of sp³-hybridized carbons (Fsp3) is 0.533. The summed E-state index contributed by atoms with van der Waals surface area (Å²) in [4.78, 5) is 0.161. The number of benzene rings is 1. The van der Waals surface area contributed by atoms with Crippen molar-refractivity contribution in [3.05, 3.63) is 29.3 Å². The van der Waals surface area contributed by atoms with Crippen LogP contribution in [0.15, 0.2) is 23.1 Å². The summed E-state index contributed by atoms with van der Waals surface area (Å²) in [5.41, 5.74) is 0.939. The molecule has 1 saturated heterocycles. The molecule has 1 aliphatic rings. The highest BCUT2D eigenvalue weighted by Gasteiger charge is 2.37. The maximum atomic E-state index is 12.9. The maximum Gasteiger partial charge on any atom is 0.243 e. The average Bonchev–Trinajstić information content (AvgIpc) is 2.47. The van der Waals surface area contributed by atoms with Crippen molar-refractivity contribution in [2.45, 2.75) is 37.6 Å². The van der Waals surface area contributed by atoms with Crippen molar-refractivity contribution < 1.29 is 13.5 Å². The molecule has 6 heteroatoms. The molecule has 0 radical (unpaired) electrons. The van der Waals surface area contributed by atoms with Gasteiger partial charge in [0.2, 0.25) is 10.0 Å². The van der Waals surface area contributed by atoms with Crippen LogP contribution in [0, 0.1) is 24.2 Å². The SMILES string of the molecule is Cc1ccc(C#N)cc1S(=O)(=O)N1CCCC(C)C1CO. The van der Waals surface area contributed by atoms with Crippen molar-refractivity contribution in [3.8, 4) is 6.07 Å². The molecule has 2 rings (SSSR count). The van der Waals surface area contributed by atoms with Gasteiger partial charge < -0.3 is 5.11 Å². The van der Waals surface area contributed by atoms with Crippen LogP contribution in [0.25, 0.3) is 0 Å². The van der Waals surface area contributed by atoms with Gasteiger partial charge in [0.25, 0.3) is 0 Å². The molecule has 1 heterocycles. The first-order valence-corrected chi connectivity index (χ1v) is 8.49. The molecule has 1 aromatic carbocycles. The third-order valence-electron chi connectivity index (χ3n) is 4.16. The van der Waals surface area contributed by atoms with Gasteiger partial charge >= 0.3 is 0 Å². The highest BCUT2D eigenvalue weighted by Crippen LogP contribution is 2.30. The van der Waals surface area contributed by atoms with Gasteiger partial charge in [-0.3, -0.25) is 0 Å². The average molecular weight is 308 g/mol. The Hall–Kier alpha value is -1.42. The molecule has 114 valence electrons. The zero-order chi connectivity index (χ0) is 15.6. The molecule has 1 aromatic rings. The zero-order valence-electron chi connectivity index (χ0n) is 12.3. The van der Waals surface area contributed by atoms with Crippen LogP contribution in [0.5, 0.6) is 0 Å². The standard InChI is InChI=1S/C15H20N2O3S/c1-11-4-3-7-17(14(11)10-18)21(19,20)15-8-13(9-16)6-5-12(15)2/h5-6,8,11,14,18H,3-4,7,10H2,1-2H3. The Morgan fingerprint density at radius 3 is 2.81 bits per heavy atom. The molecular formula is C15H20N2O3S. The number of sulfonamides is 1. The molecule has 1 aliphatic heterocycles. The predicted molar refractivity (Wildman–Crippen MR) is 79.1 cm³/mol. The molecule has 0 bridgehead atoms. The van der Waals surface area contributed by atoms with Crippen molar-refractivity contribution >= 4 is 10.0 Å². The van der Waals surface area contributed by atoms with Gasteiger partial charge in [-0.05, 0) is 43.4 Å². The number of nitrogens with zero attached hydrogens (tertiary/aromatic N) is 2. The summed E-state index contributed by atoms with van der Waals surface area (Å²) in [6.45, 7) is 3.90. The summed E-state index contributed by atoms with van der Waals surface area (Å²) in [5.74, 6) is 0.123. The van der Waals surface area contributed by atoms with E-state index in [2.05, 4.69) is 0 Å². The molecule has 2 atom stereocenters. The number of piperidine rings is 1. The van der Waals surface area contributed by atoms with Gasteiger partial charge in [0.15, 0.2) is 0 Å². The van der Waals surface area contributed by atoms with Crippen molar-refractivity contribution in [2.24, 2.45) is 5.92 Å². The number of aliphatic hydroxyl groups is 1. The molecule has 5 nitrogen and oxygen atoms in total. The summed E-state index contributed by atoms with van der Waals surface area (Å²) in [5, 5.41) is 18.5. The van der Waals surface area contributed by atoms with Crippen molar-refractivity contribution in [3.63, 3.8) is 0 Å². The maximum absolute atomic E-state index is 12.9. The van der Waals surface area contributed by atoms with Crippen LogP contribution in [0.1, 0.15) is 30.9 Å². The first-order chi connectivity index (χ1) is 9.91. The molecule has 21 heavy (non-hydrogen) atoms. The third kappa shape index (κ3) is 2.95. The van der Waals surface area contributed by atoms with Gasteiger partial charge in [-0.2, -0.15) is 9.57 Å². The monoisotopic (exact) mass is 308 g/mol. The van der Waals surface area contributed by atoms with Gasteiger partial charge in [0.05, 0.1) is 29.2 Å². The van der Waals surface area contributed by atoms with Gasteiger partial charge in [-0.1, -0.05) is 13.0 Å². The van der Waals surface area contributed by atoms with E-state index in [4.69, 9.17) is 5.26 Å². The van der Waals surface area contributed by atoms with Crippen molar-refractivity contribution in [1.82, 2.24) is 4.31 Å². The van der Waals surface area contributed by atoms with Crippen LogP contribution in [-0.4, -0.2) is 37.0 Å². The van der Waals surface area contributed by atoms with Gasteiger partial charge in [-0.15, -0.1) is 0 Å². The summed E-state index contributed by atoms with van der Waals surface area (Å²) < 4.78 is 27.2. The van der Waals surface area contributed by atoms with Crippen LogP contribution >= 0.6 is 0 Å². The number of aliphatic hydroxyl groups excluding tert-OH is 1. The molecule has 0 amide bonds. The fourth-order valence-electron chi connectivity index (χ4n) is 2.85. The number of hydrogen-bond donors (Lipinski definition) is 1. The lowest BCUT2D eigenvalue weighted by atomic mass is 9.93. The Morgan fingerprint density at radius 1 is 1.48 bits per heavy atom. The first kappa shape index (κ1) is 16.0. The molecule has 1 N–H and O–H groups in total. The van der Waals surface area contributed by atoms with E-state index in [0.29, 0.717) is 17.7 Å². The summed E-state index contributed by atoms with van der Waals surface area (Å²) in [6.07, 6.45) is 1.70. The largest absolute Gasteiger partial charge is 0.395 e. The minimum atomic E-state index is -3.70. The Labute approximate surface area is 125 Å². The minimum absolute atomic E-state index is 0.123. The van der Waals surface area contributed by atoms with E-state index in [0.717, 1.165) is 12.8 Å². The quantitative estimate of drug-likeness (QED) is 0.920. The molecule has 2 unspecified atom stereocenters. The second-order valence-corrected chi connectivity index (χ2v) is 7.44. The zero-order valence-corrected chi connectivity index (χ0v) is 13.1. The summed E-state index contributed by atoms with van der Waals surface area (Å²) >= 11 is 0. The van der Waals surface area contributed by atoms with Gasteiger partial charge in [-0.25, -0.2) is 8.42 Å². The summed E-state index contributed by atoms with van der Waals surface area (Å²) in [7, 11) is -3.70. The Morgan fingerprint density at radius 2 is 2.19 bits per heavy atom. The first-order valence-electron chi connectivity index (χ1n) is 7.05. The Balaban J connectivity index is 2.49. The van der Waals surface area contributed by atoms with Crippen LogP contribution in [0.3, 0.4) is 0 Å². The lowest BCUT2D eigenvalue weighted by molar-refractivity contribution is 0.113. The van der Waals surface area contributed by atoms with E-state index in [9.17, 15) is 13.5 Å². The van der Waals surface area contributed by atoms with Crippen molar-refractivity contribution in [2.75, 3.05) is 13.2 Å². The number of hydrogen-bond acceptors (Lipinski definition) is 4. The lowest BCUT2D eigenvalue weighted by Gasteiger charge is -2.38. The number of rotatable bonds is 3. The normalized spacial score (nSPS) is 23.7. The van der Waals surface area contributed by atoms with Crippen LogP contribution in [0.4, 0.5) is 0 Å². The van der Waals surface area contributed by atoms with Gasteiger partial charge in [0, 0.05) is 6.54 Å².